The molecule has 0 aliphatic carbocycles. The fraction of sp³-hybridized carbons (Fsp3) is 0.143. The third-order valence-electron chi connectivity index (χ3n) is 2.62. The first kappa shape index (κ1) is 14.1. The van der Waals surface area contributed by atoms with Crippen LogP contribution in [0.1, 0.15) is 15.2 Å². The van der Waals surface area contributed by atoms with E-state index in [9.17, 15) is 4.79 Å². The summed E-state index contributed by atoms with van der Waals surface area (Å²) in [6, 6.07) is 8.66. The maximum Gasteiger partial charge on any atom is 0.337 e. The van der Waals surface area contributed by atoms with Gasteiger partial charge in [0.2, 0.25) is 0 Å². The van der Waals surface area contributed by atoms with Gasteiger partial charge in [0.05, 0.1) is 24.7 Å². The van der Waals surface area contributed by atoms with Crippen LogP contribution in [0.3, 0.4) is 0 Å². The summed E-state index contributed by atoms with van der Waals surface area (Å²) in [7, 11) is 2.84. The zero-order valence-corrected chi connectivity index (χ0v) is 11.9. The van der Waals surface area contributed by atoms with E-state index >= 15 is 0 Å². The van der Waals surface area contributed by atoms with Gasteiger partial charge in [-0.1, -0.05) is 6.07 Å². The van der Waals surface area contributed by atoms with Crippen LogP contribution < -0.4 is 10.5 Å². The lowest BCUT2D eigenvalue weighted by Crippen LogP contribution is -2.10. The van der Waals surface area contributed by atoms with Gasteiger partial charge in [0, 0.05) is 0 Å². The van der Waals surface area contributed by atoms with E-state index in [2.05, 4.69) is 9.73 Å². The maximum atomic E-state index is 11.5. The van der Waals surface area contributed by atoms with Crippen molar-refractivity contribution in [2.75, 3.05) is 14.2 Å². The molecule has 0 aliphatic heterocycles. The quantitative estimate of drug-likeness (QED) is 0.533. The van der Waals surface area contributed by atoms with Gasteiger partial charge in [0.25, 0.3) is 0 Å². The van der Waals surface area contributed by atoms with Crippen molar-refractivity contribution in [1.82, 2.24) is 0 Å². The molecule has 0 aliphatic rings. The minimum absolute atomic E-state index is 0.401. The molecule has 0 radical (unpaired) electrons. The molecule has 0 saturated carbocycles. The van der Waals surface area contributed by atoms with Crippen molar-refractivity contribution in [3.63, 3.8) is 0 Å². The van der Waals surface area contributed by atoms with E-state index in [0.29, 0.717) is 22.8 Å². The molecule has 0 spiro atoms. The molecule has 6 heteroatoms. The smallest absolute Gasteiger partial charge is 0.337 e. The summed E-state index contributed by atoms with van der Waals surface area (Å²) in [5.41, 5.74) is 6.89. The van der Waals surface area contributed by atoms with Crippen LogP contribution in [0.15, 0.2) is 40.7 Å². The molecule has 104 valence electrons. The highest BCUT2D eigenvalue weighted by molar-refractivity contribution is 7.12. The molecule has 1 heterocycles. The molecule has 5 nitrogen and oxygen atoms in total. The predicted molar refractivity (Wildman–Crippen MR) is 79.0 cm³/mol. The molecule has 0 fully saturated rings. The van der Waals surface area contributed by atoms with Gasteiger partial charge in [-0.25, -0.2) is 9.79 Å². The largest absolute Gasteiger partial charge is 0.494 e. The number of hydrogen-bond acceptors (Lipinski definition) is 5. The van der Waals surface area contributed by atoms with Crippen molar-refractivity contribution in [1.29, 1.82) is 0 Å². The monoisotopic (exact) mass is 290 g/mol. The summed E-state index contributed by atoms with van der Waals surface area (Å²) in [5, 5.41) is 1.93. The van der Waals surface area contributed by atoms with Crippen LogP contribution >= 0.6 is 11.3 Å². The van der Waals surface area contributed by atoms with Gasteiger partial charge in [-0.2, -0.15) is 0 Å². The molecule has 0 unspecified atom stereocenters. The van der Waals surface area contributed by atoms with Gasteiger partial charge in [-0.05, 0) is 29.6 Å². The second-order valence-corrected chi connectivity index (χ2v) is 4.80. The van der Waals surface area contributed by atoms with Crippen molar-refractivity contribution < 1.29 is 14.3 Å². The summed E-state index contributed by atoms with van der Waals surface area (Å²) < 4.78 is 9.89. The molecule has 0 amide bonds. The number of nitrogens with two attached hydrogens (primary N) is 1. The number of carbonyl (C=O) groups is 1. The SMILES string of the molecule is COC(=O)c1ccc(N=C(N)c2cccs2)c(OC)c1. The first-order valence-electron chi connectivity index (χ1n) is 5.80. The van der Waals surface area contributed by atoms with Crippen molar-refractivity contribution in [3.8, 4) is 5.75 Å². The van der Waals surface area contributed by atoms with Crippen molar-refractivity contribution in [2.45, 2.75) is 0 Å². The molecule has 1 aromatic heterocycles. The number of rotatable bonds is 4. The Morgan fingerprint density at radius 1 is 1.30 bits per heavy atom. The summed E-state index contributed by atoms with van der Waals surface area (Å²) >= 11 is 1.50. The Morgan fingerprint density at radius 2 is 2.10 bits per heavy atom. The van der Waals surface area contributed by atoms with Crippen molar-refractivity contribution in [3.05, 3.63) is 46.2 Å². The van der Waals surface area contributed by atoms with Crippen LogP contribution in [-0.2, 0) is 4.74 Å². The van der Waals surface area contributed by atoms with Crippen LogP contribution in [0.25, 0.3) is 0 Å². The molecule has 0 bridgehead atoms. The van der Waals surface area contributed by atoms with E-state index in [1.807, 2.05) is 17.5 Å². The molecule has 20 heavy (non-hydrogen) atoms. The van der Waals surface area contributed by atoms with E-state index in [1.165, 1.54) is 25.6 Å². The fourth-order valence-corrected chi connectivity index (χ4v) is 2.25. The van der Waals surface area contributed by atoms with Gasteiger partial charge in [0.15, 0.2) is 0 Å². The van der Waals surface area contributed by atoms with E-state index in [1.54, 1.807) is 18.2 Å². The lowest BCUT2D eigenvalue weighted by molar-refractivity contribution is 0.0600. The van der Waals surface area contributed by atoms with Gasteiger partial charge in [0.1, 0.15) is 17.3 Å². The summed E-state index contributed by atoms with van der Waals surface area (Å²) in [4.78, 5) is 16.7. The molecule has 2 N–H and O–H groups in total. The number of hydrogen-bond donors (Lipinski definition) is 1. The number of nitrogens with zero attached hydrogens (tertiary/aromatic N) is 1. The number of methoxy groups -OCH3 is 2. The number of carbonyl (C=O) groups excluding carboxylic acids is 1. The lowest BCUT2D eigenvalue weighted by Gasteiger charge is -2.07. The third-order valence-corrected chi connectivity index (χ3v) is 3.51. The minimum atomic E-state index is -0.426. The van der Waals surface area contributed by atoms with Crippen LogP contribution in [-0.4, -0.2) is 26.0 Å². The van der Waals surface area contributed by atoms with Crippen LogP contribution in [0.4, 0.5) is 5.69 Å². The van der Waals surface area contributed by atoms with Crippen LogP contribution in [0.2, 0.25) is 0 Å². The first-order valence-corrected chi connectivity index (χ1v) is 6.68. The molecule has 0 saturated heterocycles. The Labute approximate surface area is 120 Å². The molecule has 2 rings (SSSR count). The number of ether oxygens (including phenoxy) is 2. The van der Waals surface area contributed by atoms with E-state index in [-0.39, 0.29) is 0 Å². The lowest BCUT2D eigenvalue weighted by atomic mass is 10.2. The highest BCUT2D eigenvalue weighted by atomic mass is 32.1. The van der Waals surface area contributed by atoms with Gasteiger partial charge >= 0.3 is 5.97 Å². The predicted octanol–water partition coefficient (Wildman–Crippen LogP) is 2.58. The second-order valence-electron chi connectivity index (χ2n) is 3.85. The Hall–Kier alpha value is -2.34. The number of thiophene rings is 1. The number of benzene rings is 1. The molecule has 1 aromatic carbocycles. The zero-order chi connectivity index (χ0) is 14.5. The average Bonchev–Trinajstić information content (AvgIpc) is 3.01. The summed E-state index contributed by atoms with van der Waals surface area (Å²) in [5.74, 6) is 0.446. The van der Waals surface area contributed by atoms with E-state index < -0.39 is 5.97 Å². The van der Waals surface area contributed by atoms with Gasteiger partial charge < -0.3 is 15.2 Å². The van der Waals surface area contributed by atoms with Crippen molar-refractivity contribution >= 4 is 28.8 Å². The second kappa shape index (κ2) is 6.21. The zero-order valence-electron chi connectivity index (χ0n) is 11.1. The fourth-order valence-electron chi connectivity index (χ4n) is 1.62. The summed E-state index contributed by atoms with van der Waals surface area (Å²) in [6.45, 7) is 0. The Balaban J connectivity index is 2.37. The van der Waals surface area contributed by atoms with E-state index in [0.717, 1.165) is 4.88 Å². The molecule has 2 aromatic rings. The Kier molecular flexibility index (Phi) is 4.37. The van der Waals surface area contributed by atoms with Gasteiger partial charge in [-0.3, -0.25) is 0 Å². The molecular weight excluding hydrogens is 276 g/mol. The van der Waals surface area contributed by atoms with Crippen molar-refractivity contribution in [2.24, 2.45) is 10.7 Å². The van der Waals surface area contributed by atoms with E-state index in [4.69, 9.17) is 10.5 Å². The number of amidine groups is 1. The number of aliphatic imine (C=N–C) groups is 1. The molecular formula is C14H14N2O3S. The summed E-state index contributed by atoms with van der Waals surface area (Å²) in [6.07, 6.45) is 0. The standard InChI is InChI=1S/C14H14N2O3S/c1-18-11-8-9(14(17)19-2)5-6-10(11)16-13(15)12-4-3-7-20-12/h3-8H,1-2H3,(H2,15,16). The normalized spacial score (nSPS) is 11.2. The third kappa shape index (κ3) is 2.97. The maximum absolute atomic E-state index is 11.5. The molecule has 0 atom stereocenters. The topological polar surface area (TPSA) is 73.9 Å². The van der Waals surface area contributed by atoms with Gasteiger partial charge in [-0.15, -0.1) is 11.3 Å². The highest BCUT2D eigenvalue weighted by Gasteiger charge is 2.10. The van der Waals surface area contributed by atoms with Crippen LogP contribution in [0, 0.1) is 0 Å². The minimum Gasteiger partial charge on any atom is -0.494 e. The highest BCUT2D eigenvalue weighted by Crippen LogP contribution is 2.29. The average molecular weight is 290 g/mol. The number of esters is 1. The Morgan fingerprint density at radius 3 is 2.70 bits per heavy atom. The Bertz CT molecular complexity index is 636. The first-order chi connectivity index (χ1) is 9.65. The van der Waals surface area contributed by atoms with Crippen LogP contribution in [0.5, 0.6) is 5.75 Å².